The summed E-state index contributed by atoms with van der Waals surface area (Å²) in [6.07, 6.45) is -5.25. The number of benzene rings is 1. The lowest BCUT2D eigenvalue weighted by Crippen LogP contribution is -2.49. The van der Waals surface area contributed by atoms with E-state index in [1.807, 2.05) is 0 Å². The van der Waals surface area contributed by atoms with Crippen LogP contribution in [-0.4, -0.2) is 44.0 Å². The number of hydrogen-bond acceptors (Lipinski definition) is 6. The molecular weight excluding hydrogens is 307 g/mol. The summed E-state index contributed by atoms with van der Waals surface area (Å²) < 4.78 is 47.4. The molecule has 0 amide bonds. The SMILES string of the molecule is COC(=O)CNc1ccc(C(O)(C(=O)OC)C(F)(F)F)cc1. The largest absolute Gasteiger partial charge is 0.468 e. The zero-order valence-corrected chi connectivity index (χ0v) is 11.7. The number of anilines is 1. The van der Waals surface area contributed by atoms with Crippen LogP contribution in [0.2, 0.25) is 0 Å². The van der Waals surface area contributed by atoms with Crippen molar-refractivity contribution < 1.29 is 37.3 Å². The Morgan fingerprint density at radius 3 is 2.09 bits per heavy atom. The van der Waals surface area contributed by atoms with Crippen LogP contribution in [0.5, 0.6) is 0 Å². The van der Waals surface area contributed by atoms with Gasteiger partial charge in [0.1, 0.15) is 6.54 Å². The number of ether oxygens (including phenoxy) is 2. The summed E-state index contributed by atoms with van der Waals surface area (Å²) in [6, 6.07) is 4.17. The van der Waals surface area contributed by atoms with E-state index >= 15 is 0 Å². The van der Waals surface area contributed by atoms with E-state index in [4.69, 9.17) is 0 Å². The third kappa shape index (κ3) is 3.48. The molecule has 0 heterocycles. The predicted molar refractivity (Wildman–Crippen MR) is 68.9 cm³/mol. The Kier molecular flexibility index (Phi) is 5.37. The summed E-state index contributed by atoms with van der Waals surface area (Å²) in [7, 11) is 1.93. The van der Waals surface area contributed by atoms with Crippen LogP contribution in [0, 0.1) is 0 Å². The molecule has 0 spiro atoms. The molecule has 1 aromatic rings. The molecule has 0 saturated heterocycles. The Morgan fingerprint density at radius 1 is 1.14 bits per heavy atom. The van der Waals surface area contributed by atoms with Crippen molar-refractivity contribution in [1.29, 1.82) is 0 Å². The van der Waals surface area contributed by atoms with Crippen molar-refractivity contribution in [1.82, 2.24) is 0 Å². The Balaban J connectivity index is 3.04. The van der Waals surface area contributed by atoms with Crippen LogP contribution >= 0.6 is 0 Å². The van der Waals surface area contributed by atoms with Gasteiger partial charge in [-0.15, -0.1) is 0 Å². The molecule has 0 aliphatic carbocycles. The van der Waals surface area contributed by atoms with Crippen molar-refractivity contribution in [3.8, 4) is 0 Å². The highest BCUT2D eigenvalue weighted by Crippen LogP contribution is 2.40. The molecule has 0 saturated carbocycles. The van der Waals surface area contributed by atoms with Crippen molar-refractivity contribution in [2.75, 3.05) is 26.1 Å². The van der Waals surface area contributed by atoms with Crippen molar-refractivity contribution >= 4 is 17.6 Å². The lowest BCUT2D eigenvalue weighted by Gasteiger charge is -2.28. The fraction of sp³-hybridized carbons (Fsp3) is 0.385. The molecule has 22 heavy (non-hydrogen) atoms. The minimum absolute atomic E-state index is 0.184. The molecule has 0 aliphatic heterocycles. The quantitative estimate of drug-likeness (QED) is 0.793. The Morgan fingerprint density at radius 2 is 1.68 bits per heavy atom. The number of hydrogen-bond donors (Lipinski definition) is 2. The van der Waals surface area contributed by atoms with E-state index in [1.54, 1.807) is 0 Å². The summed E-state index contributed by atoms with van der Waals surface area (Å²) in [6.45, 7) is -0.184. The van der Waals surface area contributed by atoms with Crippen molar-refractivity contribution in [3.63, 3.8) is 0 Å². The van der Waals surface area contributed by atoms with E-state index in [9.17, 15) is 27.9 Å². The molecular formula is C13H14F3NO5. The molecule has 2 N–H and O–H groups in total. The van der Waals surface area contributed by atoms with Crippen LogP contribution in [0.4, 0.5) is 18.9 Å². The Bertz CT molecular complexity index is 544. The predicted octanol–water partition coefficient (Wildman–Crippen LogP) is 1.19. The lowest BCUT2D eigenvalue weighted by atomic mass is 9.93. The van der Waals surface area contributed by atoms with E-state index in [2.05, 4.69) is 14.8 Å². The molecule has 9 heteroatoms. The number of esters is 2. The van der Waals surface area contributed by atoms with Crippen LogP contribution in [0.25, 0.3) is 0 Å². The van der Waals surface area contributed by atoms with Gasteiger partial charge in [0.15, 0.2) is 0 Å². The number of carbonyl (C=O) groups excluding carboxylic acids is 2. The third-order valence-electron chi connectivity index (χ3n) is 2.86. The van der Waals surface area contributed by atoms with Crippen LogP contribution in [0.3, 0.4) is 0 Å². The van der Waals surface area contributed by atoms with Crippen LogP contribution in [0.1, 0.15) is 5.56 Å². The zero-order valence-electron chi connectivity index (χ0n) is 11.7. The molecule has 1 aromatic carbocycles. The van der Waals surface area contributed by atoms with Gasteiger partial charge in [-0.2, -0.15) is 13.2 Å². The van der Waals surface area contributed by atoms with Gasteiger partial charge in [0.05, 0.1) is 14.2 Å². The van der Waals surface area contributed by atoms with E-state index in [0.29, 0.717) is 5.69 Å². The fourth-order valence-electron chi connectivity index (χ4n) is 1.62. The Labute approximate surface area is 123 Å². The van der Waals surface area contributed by atoms with Gasteiger partial charge in [0, 0.05) is 11.3 Å². The maximum Gasteiger partial charge on any atom is 0.432 e. The highest BCUT2D eigenvalue weighted by atomic mass is 19.4. The lowest BCUT2D eigenvalue weighted by molar-refractivity contribution is -0.266. The second-order valence-corrected chi connectivity index (χ2v) is 4.21. The van der Waals surface area contributed by atoms with E-state index in [0.717, 1.165) is 19.2 Å². The number of nitrogens with one attached hydrogen (secondary N) is 1. The van der Waals surface area contributed by atoms with Gasteiger partial charge in [-0.25, -0.2) is 4.79 Å². The molecule has 0 radical (unpaired) electrons. The standard InChI is InChI=1S/C13H14F3NO5/c1-21-10(18)7-17-9-5-3-8(4-6-9)12(20,11(19)22-2)13(14,15)16/h3-6,17,20H,7H2,1-2H3. The third-order valence-corrected chi connectivity index (χ3v) is 2.86. The number of methoxy groups -OCH3 is 2. The molecule has 1 unspecified atom stereocenters. The second kappa shape index (κ2) is 6.65. The van der Waals surface area contributed by atoms with Gasteiger partial charge in [-0.3, -0.25) is 4.79 Å². The van der Waals surface area contributed by atoms with Gasteiger partial charge in [0.25, 0.3) is 5.60 Å². The first-order valence-electron chi connectivity index (χ1n) is 5.95. The molecule has 0 fully saturated rings. The van der Waals surface area contributed by atoms with Gasteiger partial charge in [-0.05, 0) is 12.1 Å². The number of carbonyl (C=O) groups is 2. The Hall–Kier alpha value is -2.29. The summed E-state index contributed by atoms with van der Waals surface area (Å²) in [5, 5.41) is 12.3. The smallest absolute Gasteiger partial charge is 0.432 e. The normalized spacial score (nSPS) is 13.9. The molecule has 0 bridgehead atoms. The molecule has 0 aliphatic rings. The first kappa shape index (κ1) is 17.8. The van der Waals surface area contributed by atoms with Gasteiger partial charge >= 0.3 is 18.1 Å². The minimum atomic E-state index is -5.25. The highest BCUT2D eigenvalue weighted by Gasteiger charge is 2.62. The molecule has 6 nitrogen and oxygen atoms in total. The van der Waals surface area contributed by atoms with Crippen LogP contribution < -0.4 is 5.32 Å². The number of rotatable bonds is 5. The molecule has 1 atom stereocenters. The van der Waals surface area contributed by atoms with Crippen molar-refractivity contribution in [2.24, 2.45) is 0 Å². The molecule has 0 aromatic heterocycles. The zero-order chi connectivity index (χ0) is 17.0. The van der Waals surface area contributed by atoms with Crippen molar-refractivity contribution in [3.05, 3.63) is 29.8 Å². The maximum atomic E-state index is 13.0. The summed E-state index contributed by atoms with van der Waals surface area (Å²) in [5.41, 5.74) is -4.15. The monoisotopic (exact) mass is 321 g/mol. The highest BCUT2D eigenvalue weighted by molar-refractivity contribution is 5.82. The average Bonchev–Trinajstić information content (AvgIpc) is 2.50. The molecule has 122 valence electrons. The van der Waals surface area contributed by atoms with Crippen LogP contribution in [-0.2, 0) is 24.7 Å². The maximum absolute atomic E-state index is 13.0. The summed E-state index contributed by atoms with van der Waals surface area (Å²) in [5.74, 6) is -2.40. The van der Waals surface area contributed by atoms with E-state index < -0.39 is 29.3 Å². The molecule has 1 rings (SSSR count). The van der Waals surface area contributed by atoms with Crippen LogP contribution in [0.15, 0.2) is 24.3 Å². The van der Waals surface area contributed by atoms with Crippen molar-refractivity contribution in [2.45, 2.75) is 11.8 Å². The number of alkyl halides is 3. The fourth-order valence-corrected chi connectivity index (χ4v) is 1.62. The first-order valence-corrected chi connectivity index (χ1v) is 5.95. The van der Waals surface area contributed by atoms with Gasteiger partial charge < -0.3 is 19.9 Å². The van der Waals surface area contributed by atoms with E-state index in [1.165, 1.54) is 19.2 Å². The summed E-state index contributed by atoms with van der Waals surface area (Å²) in [4.78, 5) is 22.3. The number of aliphatic hydroxyl groups is 1. The van der Waals surface area contributed by atoms with Gasteiger partial charge in [-0.1, -0.05) is 12.1 Å². The second-order valence-electron chi connectivity index (χ2n) is 4.21. The number of halogens is 3. The summed E-state index contributed by atoms with van der Waals surface area (Å²) >= 11 is 0. The first-order chi connectivity index (χ1) is 10.2. The van der Waals surface area contributed by atoms with E-state index in [-0.39, 0.29) is 6.54 Å². The topological polar surface area (TPSA) is 84.9 Å². The minimum Gasteiger partial charge on any atom is -0.468 e. The van der Waals surface area contributed by atoms with Gasteiger partial charge in [0.2, 0.25) is 0 Å². The average molecular weight is 321 g/mol.